The Hall–Kier alpha value is -1.68. The smallest absolute Gasteiger partial charge is 0.394 e. The first-order valence-corrected chi connectivity index (χ1v) is 31.2. The zero-order valence-corrected chi connectivity index (χ0v) is 46.8. The van der Waals surface area contributed by atoms with E-state index >= 15 is 0 Å². The molecule has 6 N–H and O–H groups in total. The van der Waals surface area contributed by atoms with Gasteiger partial charge in [0.15, 0.2) is 6.29 Å². The lowest BCUT2D eigenvalue weighted by Crippen LogP contribution is -2.61. The number of aliphatic hydroxyl groups is 4. The number of unbranched alkanes of at least 4 members (excludes halogenated alkanes) is 36. The zero-order valence-electron chi connectivity index (χ0n) is 46.0. The molecule has 7 atom stereocenters. The molecule has 1 saturated heterocycles. The van der Waals surface area contributed by atoms with Crippen LogP contribution in [0.15, 0.2) is 36.5 Å². The summed E-state index contributed by atoms with van der Waals surface area (Å²) >= 11 is 0. The molecule has 12 nitrogen and oxygen atoms in total. The Morgan fingerprint density at radius 3 is 1.32 bits per heavy atom. The van der Waals surface area contributed by atoms with Crippen LogP contribution in [-0.4, -0.2) is 95.4 Å². The number of hydrogen-bond acceptors (Lipinski definition) is 10. The normalized spacial score (nSPS) is 19.6. The van der Waals surface area contributed by atoms with Crippen molar-refractivity contribution < 1.29 is 51.8 Å². The Labute approximate surface area is 441 Å². The van der Waals surface area contributed by atoms with Crippen molar-refractivity contribution in [2.24, 2.45) is 0 Å². The summed E-state index contributed by atoms with van der Waals surface area (Å²) in [6.45, 7) is 3.43. The summed E-state index contributed by atoms with van der Waals surface area (Å²) in [4.78, 5) is 13.1. The minimum Gasteiger partial charge on any atom is -0.394 e. The first-order valence-electron chi connectivity index (χ1n) is 29.9. The molecule has 1 aliphatic heterocycles. The van der Waals surface area contributed by atoms with Gasteiger partial charge >= 0.3 is 10.4 Å². The maximum atomic E-state index is 13.1. The van der Waals surface area contributed by atoms with Crippen molar-refractivity contribution in [3.8, 4) is 0 Å². The van der Waals surface area contributed by atoms with Crippen molar-refractivity contribution in [2.45, 2.75) is 320 Å². The first-order chi connectivity index (χ1) is 35.0. The van der Waals surface area contributed by atoms with E-state index in [0.29, 0.717) is 6.42 Å². The molecular weight excluding hydrogens is 931 g/mol. The molecule has 0 aromatic carbocycles. The van der Waals surface area contributed by atoms with Gasteiger partial charge in [-0.2, -0.15) is 8.42 Å². The van der Waals surface area contributed by atoms with Gasteiger partial charge in [0.05, 0.1) is 25.4 Å². The summed E-state index contributed by atoms with van der Waals surface area (Å²) < 4.78 is 47.9. The summed E-state index contributed by atoms with van der Waals surface area (Å²) in [5.41, 5.74) is 0. The average Bonchev–Trinajstić information content (AvgIpc) is 3.36. The van der Waals surface area contributed by atoms with E-state index in [-0.39, 0.29) is 18.9 Å². The maximum Gasteiger partial charge on any atom is 0.397 e. The van der Waals surface area contributed by atoms with E-state index in [2.05, 4.69) is 47.7 Å². The molecule has 1 amide bonds. The highest BCUT2D eigenvalue weighted by atomic mass is 32.3. The molecule has 0 spiro atoms. The summed E-state index contributed by atoms with van der Waals surface area (Å²) in [5, 5.41) is 45.0. The number of hydrogen-bond donors (Lipinski definition) is 6. The fourth-order valence-corrected chi connectivity index (χ4v) is 10.1. The van der Waals surface area contributed by atoms with Crippen molar-refractivity contribution in [1.82, 2.24) is 5.32 Å². The third-order valence-electron chi connectivity index (χ3n) is 14.2. The summed E-state index contributed by atoms with van der Waals surface area (Å²) in [7, 11) is -5.09. The summed E-state index contributed by atoms with van der Waals surface area (Å²) in [6.07, 6.45) is 53.3. The highest BCUT2D eigenvalue weighted by molar-refractivity contribution is 7.80. The lowest BCUT2D eigenvalue weighted by molar-refractivity contribution is -0.298. The van der Waals surface area contributed by atoms with Crippen molar-refractivity contribution in [3.05, 3.63) is 36.5 Å². The fraction of sp³-hybridized carbons (Fsp3) is 0.881. The van der Waals surface area contributed by atoms with E-state index in [1.165, 1.54) is 193 Å². The molecule has 1 aliphatic rings. The molecule has 0 aromatic heterocycles. The molecule has 7 unspecified atom stereocenters. The molecule has 0 aliphatic carbocycles. The van der Waals surface area contributed by atoms with Gasteiger partial charge < -0.3 is 35.2 Å². The van der Waals surface area contributed by atoms with Gasteiger partial charge in [0.25, 0.3) is 0 Å². The van der Waals surface area contributed by atoms with Gasteiger partial charge in [0, 0.05) is 6.42 Å². The van der Waals surface area contributed by atoms with E-state index < -0.39 is 59.9 Å². The molecular formula is C59H111NO11S. The molecule has 13 heteroatoms. The minimum absolute atomic E-state index is 0.260. The predicted molar refractivity (Wildman–Crippen MR) is 296 cm³/mol. The molecule has 72 heavy (non-hydrogen) atoms. The van der Waals surface area contributed by atoms with Crippen LogP contribution in [-0.2, 0) is 28.9 Å². The number of carbonyl (C=O) groups excluding carboxylic acids is 1. The van der Waals surface area contributed by atoms with Gasteiger partial charge in [-0.1, -0.05) is 256 Å². The number of aliphatic hydroxyl groups excluding tert-OH is 4. The summed E-state index contributed by atoms with van der Waals surface area (Å²) in [5.74, 6) is -0.267. The van der Waals surface area contributed by atoms with Crippen LogP contribution in [0.3, 0.4) is 0 Å². The van der Waals surface area contributed by atoms with Gasteiger partial charge in [-0.3, -0.25) is 9.35 Å². The quantitative estimate of drug-likeness (QED) is 0.0193. The Bertz CT molecular complexity index is 1410. The number of ether oxygens (including phenoxy) is 2. The number of allylic oxidation sites excluding steroid dienone is 5. The van der Waals surface area contributed by atoms with Crippen LogP contribution in [0.4, 0.5) is 0 Å². The van der Waals surface area contributed by atoms with Crippen molar-refractivity contribution in [1.29, 1.82) is 0 Å². The van der Waals surface area contributed by atoms with Gasteiger partial charge in [-0.15, -0.1) is 0 Å². The number of nitrogens with one attached hydrogen (secondary N) is 1. The first kappa shape index (κ1) is 68.3. The third-order valence-corrected chi connectivity index (χ3v) is 14.6. The lowest BCUT2D eigenvalue weighted by atomic mass is 9.99. The number of rotatable bonds is 52. The van der Waals surface area contributed by atoms with Crippen LogP contribution in [0, 0.1) is 0 Å². The van der Waals surface area contributed by atoms with Crippen LogP contribution < -0.4 is 5.32 Å². The molecule has 0 radical (unpaired) electrons. The van der Waals surface area contributed by atoms with Crippen LogP contribution in [0.25, 0.3) is 0 Å². The van der Waals surface area contributed by atoms with Gasteiger partial charge in [-0.05, 0) is 51.4 Å². The highest BCUT2D eigenvalue weighted by Crippen LogP contribution is 2.26. The molecule has 1 rings (SSSR count). The summed E-state index contributed by atoms with van der Waals surface area (Å²) in [6, 6.07) is -0.950. The molecule has 1 fully saturated rings. The Morgan fingerprint density at radius 1 is 0.556 bits per heavy atom. The van der Waals surface area contributed by atoms with Gasteiger partial charge in [0.1, 0.15) is 24.4 Å². The molecule has 0 aromatic rings. The Balaban J connectivity index is 2.38. The predicted octanol–water partition coefficient (Wildman–Crippen LogP) is 14.2. The highest BCUT2D eigenvalue weighted by Gasteiger charge is 2.48. The fourth-order valence-electron chi connectivity index (χ4n) is 9.55. The van der Waals surface area contributed by atoms with Crippen LogP contribution in [0.2, 0.25) is 0 Å². The standard InChI is InChI=1S/C59H111NO11S/c1-3-5-7-9-11-13-15-17-19-21-23-25-27-29-31-33-35-37-39-41-43-45-47-49-55(63)60-52(51-69-59-57(65)58(71-72(66,67)68)56(64)54(50-61)70-59)53(62)48-46-44-42-40-38-36-34-32-30-28-26-24-22-20-18-16-14-12-10-8-6-4-2/h23,25,29,31,46,48,52-54,56-59,61-62,64-65H,3-22,24,26-28,30,32-45,47,49-51H2,1-2H3,(H,60,63)(H,66,67,68)/b25-23-,31-29-,48-46+. The van der Waals surface area contributed by atoms with E-state index in [9.17, 15) is 38.2 Å². The Morgan fingerprint density at radius 2 is 0.931 bits per heavy atom. The van der Waals surface area contributed by atoms with Crippen molar-refractivity contribution >= 4 is 16.3 Å². The maximum absolute atomic E-state index is 13.1. The zero-order chi connectivity index (χ0) is 52.6. The molecule has 424 valence electrons. The van der Waals surface area contributed by atoms with Gasteiger partial charge in [0.2, 0.25) is 5.91 Å². The van der Waals surface area contributed by atoms with Gasteiger partial charge in [-0.25, -0.2) is 4.18 Å². The second kappa shape index (κ2) is 48.9. The Kier molecular flexibility index (Phi) is 46.4. The number of carbonyl (C=O) groups is 1. The second-order valence-corrected chi connectivity index (χ2v) is 22.0. The van der Waals surface area contributed by atoms with E-state index in [4.69, 9.17) is 9.47 Å². The van der Waals surface area contributed by atoms with E-state index in [1.54, 1.807) is 6.08 Å². The lowest BCUT2D eigenvalue weighted by Gasteiger charge is -2.41. The molecule has 1 heterocycles. The van der Waals surface area contributed by atoms with Crippen LogP contribution >= 0.6 is 0 Å². The SMILES string of the molecule is CCCCCCCCCCC/C=C\C/C=C\CCCCCCCCCC(=O)NC(COC1OC(CO)C(O)C(OS(=O)(=O)O)C1O)C(O)/C=C/CCCCCCCCCCCCCCCCCCCCCC. The topological polar surface area (TPSA) is 192 Å². The largest absolute Gasteiger partial charge is 0.397 e. The molecule has 0 saturated carbocycles. The van der Waals surface area contributed by atoms with E-state index in [1.807, 2.05) is 6.08 Å². The van der Waals surface area contributed by atoms with Crippen molar-refractivity contribution in [2.75, 3.05) is 13.2 Å². The van der Waals surface area contributed by atoms with E-state index in [0.717, 1.165) is 57.8 Å². The monoisotopic (exact) mass is 1040 g/mol. The third kappa shape index (κ3) is 40.6. The minimum atomic E-state index is -5.09. The number of amides is 1. The average molecular weight is 1040 g/mol. The van der Waals surface area contributed by atoms with Crippen LogP contribution in [0.5, 0.6) is 0 Å². The van der Waals surface area contributed by atoms with Crippen LogP contribution in [0.1, 0.15) is 277 Å². The van der Waals surface area contributed by atoms with Crippen molar-refractivity contribution in [3.63, 3.8) is 0 Å². The second-order valence-electron chi connectivity index (χ2n) is 20.9. The molecule has 0 bridgehead atoms.